The van der Waals surface area contributed by atoms with Crippen LogP contribution in [0.4, 0.5) is 0 Å². The summed E-state index contributed by atoms with van der Waals surface area (Å²) in [4.78, 5) is 26.9. The van der Waals surface area contributed by atoms with Gasteiger partial charge in [0.2, 0.25) is 8.32 Å². The smallest absolute Gasteiger partial charge is 0.412 e. The van der Waals surface area contributed by atoms with Crippen LogP contribution in [0, 0.1) is 0 Å². The van der Waals surface area contributed by atoms with Crippen molar-refractivity contribution in [2.75, 3.05) is 0 Å². The molecule has 1 aromatic rings. The summed E-state index contributed by atoms with van der Waals surface area (Å²) in [6.07, 6.45) is 0. The Morgan fingerprint density at radius 1 is 0.393 bits per heavy atom. The maximum atomic E-state index is 13.4. The second-order valence-electron chi connectivity index (χ2n) is 23.6. The number of benzene rings is 1. The molecule has 0 aromatic heterocycles. The van der Waals surface area contributed by atoms with Gasteiger partial charge in [0, 0.05) is 35.3 Å². The lowest BCUT2D eigenvalue weighted by Crippen LogP contribution is -2.88. The van der Waals surface area contributed by atoms with Gasteiger partial charge in [-0.15, -0.1) is 0 Å². The van der Waals surface area contributed by atoms with Crippen LogP contribution in [-0.4, -0.2) is 79.5 Å². The molecule has 4 bridgehead atoms. The molecule has 56 heavy (non-hydrogen) atoms. The highest BCUT2D eigenvalue weighted by Gasteiger charge is 2.86. The third-order valence-electron chi connectivity index (χ3n) is 10.8. The number of fused-ring (bicyclic) bond motifs is 3. The minimum atomic E-state index is -4.62. The van der Waals surface area contributed by atoms with Gasteiger partial charge in [0.25, 0.3) is 0 Å². The van der Waals surface area contributed by atoms with Crippen LogP contribution in [0.2, 0.25) is 48.4 Å². The average molecular weight is 926 g/mol. The van der Waals surface area contributed by atoms with Crippen molar-refractivity contribution in [3.05, 3.63) is 30.3 Å². The van der Waals surface area contributed by atoms with Crippen LogP contribution in [0.25, 0.3) is 0 Å². The molecule has 0 amide bonds. The van der Waals surface area contributed by atoms with E-state index in [1.165, 1.54) is 0 Å². The summed E-state index contributed by atoms with van der Waals surface area (Å²) in [5.41, 5.74) is 0. The summed E-state index contributed by atoms with van der Waals surface area (Å²) in [6, 6.07) is 10.1. The van der Waals surface area contributed by atoms with E-state index in [4.69, 9.17) is 41.2 Å². The largest absolute Gasteiger partial charge is 0.489 e. The molecule has 4 atom stereocenters. The molecule has 1 aromatic carbocycles. The number of hydrogen-bond donors (Lipinski definition) is 2. The summed E-state index contributed by atoms with van der Waals surface area (Å²) in [5.74, 6) is 0. The summed E-state index contributed by atoms with van der Waals surface area (Å²) < 4.78 is 76.5. The molecular formula is C36H76O12Si8. The van der Waals surface area contributed by atoms with Crippen molar-refractivity contribution in [3.8, 4) is 0 Å². The third kappa shape index (κ3) is 8.24. The van der Waals surface area contributed by atoms with Gasteiger partial charge in [0.1, 0.15) is 0 Å². The van der Waals surface area contributed by atoms with Crippen molar-refractivity contribution >= 4 is 75.1 Å². The second-order valence-corrected chi connectivity index (χ2v) is 53.7. The monoisotopic (exact) mass is 924 g/mol. The fraction of sp³-hybridized carbons (Fsp3) is 0.833. The van der Waals surface area contributed by atoms with Crippen LogP contribution < -0.4 is 5.19 Å². The molecule has 3 aliphatic rings. The van der Waals surface area contributed by atoms with Crippen molar-refractivity contribution < 1.29 is 50.7 Å². The quantitative estimate of drug-likeness (QED) is 0.280. The summed E-state index contributed by atoms with van der Waals surface area (Å²) in [7, 11) is -34.3. The van der Waals surface area contributed by atoms with Gasteiger partial charge in [0.15, 0.2) is 0 Å². The maximum Gasteiger partial charge on any atom is 0.489 e. The van der Waals surface area contributed by atoms with E-state index >= 15 is 0 Å². The van der Waals surface area contributed by atoms with Crippen molar-refractivity contribution in [1.29, 1.82) is 0 Å². The van der Waals surface area contributed by atoms with Gasteiger partial charge in [-0.3, -0.25) is 0 Å². The van der Waals surface area contributed by atoms with Gasteiger partial charge in [-0.05, 0) is 18.3 Å². The molecule has 3 aliphatic heterocycles. The second kappa shape index (κ2) is 14.0. The molecule has 3 fully saturated rings. The van der Waals surface area contributed by atoms with E-state index in [9.17, 15) is 9.59 Å². The van der Waals surface area contributed by atoms with Crippen LogP contribution in [0.5, 0.6) is 0 Å². The SMILES string of the molecule is CC(C)(C)[Si]1(O)O[Si]2(C(C)(C)C)O[Si](O)(C(C)(C)C)O[Si]3(C(C)(C)C)O[Si](O[Si](C)(C)c4ccccc4)(C(C)(C)C)O[Si](C(C)(C)C)(O1)O[Si](C(C)(C)C)(O2)O3. The zero-order chi connectivity index (χ0) is 43.7. The zero-order valence-electron chi connectivity index (χ0n) is 38.9. The molecular weight excluding hydrogens is 849 g/mol. The number of hydrogen-bond acceptors (Lipinski definition) is 12. The van der Waals surface area contributed by atoms with E-state index in [2.05, 4.69) is 25.2 Å². The minimum Gasteiger partial charge on any atom is -0.412 e. The average Bonchev–Trinajstić information content (AvgIpc) is 2.90. The van der Waals surface area contributed by atoms with Gasteiger partial charge < -0.3 is 50.7 Å². The lowest BCUT2D eigenvalue weighted by molar-refractivity contribution is -0.0270. The van der Waals surface area contributed by atoms with Crippen LogP contribution in [-0.2, 0) is 41.2 Å². The molecule has 324 valence electrons. The normalized spacial score (nSPS) is 37.3. The van der Waals surface area contributed by atoms with Crippen molar-refractivity contribution in [2.45, 2.75) is 194 Å². The van der Waals surface area contributed by atoms with E-state index in [0.717, 1.165) is 5.19 Å². The fourth-order valence-corrected chi connectivity index (χ4v) is 55.6. The summed E-state index contributed by atoms with van der Waals surface area (Å²) >= 11 is 0. The van der Waals surface area contributed by atoms with E-state index < -0.39 is 105 Å². The lowest BCUT2D eigenvalue weighted by Gasteiger charge is -2.66. The van der Waals surface area contributed by atoms with Crippen LogP contribution in [0.3, 0.4) is 0 Å². The Labute approximate surface area is 348 Å². The minimum absolute atomic E-state index is 0.870. The molecule has 3 heterocycles. The first-order chi connectivity index (χ1) is 24.4. The summed E-state index contributed by atoms with van der Waals surface area (Å²) in [5, 5.41) is -5.57. The topological polar surface area (TPSA) is 133 Å². The first-order valence-corrected chi connectivity index (χ1v) is 35.0. The molecule has 12 nitrogen and oxygen atoms in total. The Morgan fingerprint density at radius 3 is 0.911 bits per heavy atom. The molecule has 2 N–H and O–H groups in total. The van der Waals surface area contributed by atoms with E-state index in [0.29, 0.717) is 0 Å². The third-order valence-corrected chi connectivity index (χ3v) is 48.1. The maximum absolute atomic E-state index is 13.4. The lowest BCUT2D eigenvalue weighted by atomic mass is 10.3. The molecule has 4 unspecified atom stereocenters. The molecule has 4 rings (SSSR count). The van der Waals surface area contributed by atoms with Crippen molar-refractivity contribution in [1.82, 2.24) is 0 Å². The molecule has 20 heteroatoms. The predicted octanol–water partition coefficient (Wildman–Crippen LogP) is 9.46. The highest BCUT2D eigenvalue weighted by atomic mass is 28.6. The number of rotatable bonds is 3. The van der Waals surface area contributed by atoms with Gasteiger partial charge >= 0.3 is 61.6 Å². The van der Waals surface area contributed by atoms with Gasteiger partial charge in [-0.1, -0.05) is 176 Å². The van der Waals surface area contributed by atoms with Crippen LogP contribution in [0.1, 0.15) is 145 Å². The molecule has 0 spiro atoms. The standard InChI is InChI=1S/C36H76O12Si8/c1-30(2,3)50(37)40-53(33(10,11)12)41-51(38,31(4,5)6)43-55(35(16,17)18)45-52(32(7,8)9,39-49(22,23)29-27-25-24-26-28-29)44-54(42-50,34(13,14)15)47-56(46-53,48-55)36(19,20)21/h24-28,37-38H,1-23H3. The molecule has 0 radical (unpaired) electrons. The first kappa shape index (κ1) is 49.1. The molecule has 0 aliphatic carbocycles. The van der Waals surface area contributed by atoms with Gasteiger partial charge in [-0.25, -0.2) is 0 Å². The van der Waals surface area contributed by atoms with E-state index in [1.807, 2.05) is 164 Å². The predicted molar refractivity (Wildman–Crippen MR) is 237 cm³/mol. The highest BCUT2D eigenvalue weighted by molar-refractivity contribution is 7.02. The summed E-state index contributed by atoms with van der Waals surface area (Å²) in [6.45, 7) is 45.4. The molecule has 0 saturated carbocycles. The van der Waals surface area contributed by atoms with Crippen LogP contribution >= 0.6 is 0 Å². The van der Waals surface area contributed by atoms with Gasteiger partial charge in [0.05, 0.1) is 0 Å². The fourth-order valence-electron chi connectivity index (χ4n) is 6.11. The Bertz CT molecular complexity index is 1540. The van der Waals surface area contributed by atoms with E-state index in [-0.39, 0.29) is 0 Å². The van der Waals surface area contributed by atoms with E-state index in [1.54, 1.807) is 0 Å². The van der Waals surface area contributed by atoms with Crippen molar-refractivity contribution in [3.63, 3.8) is 0 Å². The Kier molecular flexibility index (Phi) is 12.3. The van der Waals surface area contributed by atoms with Gasteiger partial charge in [-0.2, -0.15) is 0 Å². The Morgan fingerprint density at radius 2 is 0.661 bits per heavy atom. The highest BCUT2D eigenvalue weighted by Crippen LogP contribution is 2.64. The first-order valence-electron chi connectivity index (χ1n) is 19.9. The Balaban J connectivity index is 2.37. The Hall–Kier alpha value is 0.475. The molecule has 3 saturated heterocycles. The van der Waals surface area contributed by atoms with Crippen LogP contribution in [0.15, 0.2) is 30.3 Å². The van der Waals surface area contributed by atoms with Crippen molar-refractivity contribution in [2.24, 2.45) is 0 Å². The zero-order valence-corrected chi connectivity index (χ0v) is 46.9.